The fourth-order valence-corrected chi connectivity index (χ4v) is 2.15. The van der Waals surface area contributed by atoms with Gasteiger partial charge in [0.25, 0.3) is 0 Å². The summed E-state index contributed by atoms with van der Waals surface area (Å²) in [7, 11) is 0. The molecule has 0 atom stereocenters. The van der Waals surface area contributed by atoms with Crippen LogP contribution in [0.1, 0.15) is 0 Å². The van der Waals surface area contributed by atoms with Crippen LogP contribution < -0.4 is 0 Å². The summed E-state index contributed by atoms with van der Waals surface area (Å²) in [4.78, 5) is 0. The summed E-state index contributed by atoms with van der Waals surface area (Å²) in [5.41, 5.74) is 1.59. The highest BCUT2D eigenvalue weighted by molar-refractivity contribution is 6.33. The average molecular weight is 247 g/mol. The molecule has 3 heteroatoms. The molecular weight excluding hydrogens is 239 g/mol. The zero-order chi connectivity index (χ0) is 11.8. The van der Waals surface area contributed by atoms with Gasteiger partial charge in [-0.3, -0.25) is 0 Å². The second-order valence-electron chi connectivity index (χ2n) is 3.74. The maximum Gasteiger partial charge on any atom is 0.144 e. The minimum absolute atomic E-state index is 0.333. The molecule has 84 valence electrons. The van der Waals surface area contributed by atoms with E-state index in [2.05, 4.69) is 0 Å². The molecule has 1 aromatic heterocycles. The second-order valence-corrected chi connectivity index (χ2v) is 4.15. The standard InChI is InChI=1S/C14H8ClFO/c15-11-4-2-1-3-10(11)13-12(16)6-5-9-7-8-17-14(9)13/h1-8H. The number of furan rings is 1. The molecule has 0 bridgehead atoms. The predicted molar refractivity (Wildman–Crippen MR) is 66.6 cm³/mol. The second kappa shape index (κ2) is 3.90. The molecule has 0 N–H and O–H groups in total. The Morgan fingerprint density at radius 1 is 1.00 bits per heavy atom. The van der Waals surface area contributed by atoms with Gasteiger partial charge in [-0.2, -0.15) is 0 Å². The van der Waals surface area contributed by atoms with Gasteiger partial charge in [-0.05, 0) is 24.3 Å². The van der Waals surface area contributed by atoms with Gasteiger partial charge in [0.2, 0.25) is 0 Å². The molecule has 3 aromatic rings. The van der Waals surface area contributed by atoms with Crippen LogP contribution in [0.5, 0.6) is 0 Å². The first-order valence-corrected chi connectivity index (χ1v) is 5.56. The van der Waals surface area contributed by atoms with E-state index in [1.54, 1.807) is 30.5 Å². The molecule has 0 aliphatic rings. The van der Waals surface area contributed by atoms with E-state index in [-0.39, 0.29) is 5.82 Å². The minimum Gasteiger partial charge on any atom is -0.464 e. The first-order chi connectivity index (χ1) is 8.27. The Labute approximate surface area is 102 Å². The van der Waals surface area contributed by atoms with Gasteiger partial charge in [-0.1, -0.05) is 29.8 Å². The van der Waals surface area contributed by atoms with E-state index in [9.17, 15) is 4.39 Å². The van der Waals surface area contributed by atoms with Crippen molar-refractivity contribution in [2.75, 3.05) is 0 Å². The number of halogens is 2. The van der Waals surface area contributed by atoms with Crippen LogP contribution >= 0.6 is 11.6 Å². The molecular formula is C14H8ClFO. The molecule has 0 amide bonds. The maximum atomic E-state index is 13.9. The summed E-state index contributed by atoms with van der Waals surface area (Å²) in [6, 6.07) is 12.1. The third-order valence-corrected chi connectivity index (χ3v) is 3.04. The minimum atomic E-state index is -0.333. The topological polar surface area (TPSA) is 13.1 Å². The molecule has 0 unspecified atom stereocenters. The summed E-state index contributed by atoms with van der Waals surface area (Å²) in [6.45, 7) is 0. The van der Waals surface area contributed by atoms with Crippen LogP contribution in [0.2, 0.25) is 5.02 Å². The van der Waals surface area contributed by atoms with E-state index in [0.29, 0.717) is 21.7 Å². The molecule has 3 rings (SSSR count). The molecule has 2 aromatic carbocycles. The highest BCUT2D eigenvalue weighted by Crippen LogP contribution is 2.35. The number of hydrogen-bond acceptors (Lipinski definition) is 1. The lowest BCUT2D eigenvalue weighted by Gasteiger charge is -2.06. The average Bonchev–Trinajstić information content (AvgIpc) is 2.79. The fourth-order valence-electron chi connectivity index (χ4n) is 1.92. The Hall–Kier alpha value is -1.80. The first-order valence-electron chi connectivity index (χ1n) is 5.18. The van der Waals surface area contributed by atoms with Crippen LogP contribution in [0.3, 0.4) is 0 Å². The SMILES string of the molecule is Fc1ccc2ccoc2c1-c1ccccc1Cl. The largest absolute Gasteiger partial charge is 0.464 e. The van der Waals surface area contributed by atoms with Gasteiger partial charge in [0.1, 0.15) is 11.4 Å². The quantitative estimate of drug-likeness (QED) is 0.596. The Morgan fingerprint density at radius 2 is 1.82 bits per heavy atom. The molecule has 0 fully saturated rings. The van der Waals surface area contributed by atoms with Crippen molar-refractivity contribution in [2.45, 2.75) is 0 Å². The summed E-state index contributed by atoms with van der Waals surface area (Å²) in [6.07, 6.45) is 1.55. The predicted octanol–water partition coefficient (Wildman–Crippen LogP) is 4.89. The fraction of sp³-hybridized carbons (Fsp3) is 0. The lowest BCUT2D eigenvalue weighted by atomic mass is 10.0. The molecule has 0 aliphatic heterocycles. The number of benzene rings is 2. The molecule has 0 aliphatic carbocycles. The van der Waals surface area contributed by atoms with Crippen molar-refractivity contribution in [3.8, 4) is 11.1 Å². The summed E-state index contributed by atoms with van der Waals surface area (Å²) in [5.74, 6) is -0.333. The van der Waals surface area contributed by atoms with Crippen molar-refractivity contribution in [3.63, 3.8) is 0 Å². The number of hydrogen-bond donors (Lipinski definition) is 0. The smallest absolute Gasteiger partial charge is 0.144 e. The van der Waals surface area contributed by atoms with Crippen molar-refractivity contribution < 1.29 is 8.81 Å². The van der Waals surface area contributed by atoms with Gasteiger partial charge in [0.05, 0.1) is 11.8 Å². The van der Waals surface area contributed by atoms with E-state index < -0.39 is 0 Å². The highest BCUT2D eigenvalue weighted by Gasteiger charge is 2.14. The van der Waals surface area contributed by atoms with Crippen LogP contribution in [0.15, 0.2) is 53.1 Å². The van der Waals surface area contributed by atoms with E-state index in [0.717, 1.165) is 5.39 Å². The van der Waals surface area contributed by atoms with Crippen LogP contribution in [0.25, 0.3) is 22.1 Å². The Morgan fingerprint density at radius 3 is 2.65 bits per heavy atom. The van der Waals surface area contributed by atoms with Crippen molar-refractivity contribution in [3.05, 3.63) is 59.6 Å². The third kappa shape index (κ3) is 1.61. The zero-order valence-electron chi connectivity index (χ0n) is 8.78. The summed E-state index contributed by atoms with van der Waals surface area (Å²) in [5, 5.41) is 1.37. The van der Waals surface area contributed by atoms with Crippen LogP contribution in [0.4, 0.5) is 4.39 Å². The van der Waals surface area contributed by atoms with E-state index in [1.807, 2.05) is 12.1 Å². The lowest BCUT2D eigenvalue weighted by Crippen LogP contribution is -1.86. The van der Waals surface area contributed by atoms with Gasteiger partial charge in [-0.15, -0.1) is 0 Å². The van der Waals surface area contributed by atoms with E-state index in [1.165, 1.54) is 6.07 Å². The molecule has 0 spiro atoms. The molecule has 17 heavy (non-hydrogen) atoms. The van der Waals surface area contributed by atoms with Crippen molar-refractivity contribution in [1.29, 1.82) is 0 Å². The first kappa shape index (κ1) is 10.4. The van der Waals surface area contributed by atoms with Crippen LogP contribution in [0, 0.1) is 5.82 Å². The Bertz CT molecular complexity index is 688. The molecule has 0 saturated carbocycles. The zero-order valence-corrected chi connectivity index (χ0v) is 9.54. The number of fused-ring (bicyclic) bond motifs is 1. The number of rotatable bonds is 1. The third-order valence-electron chi connectivity index (χ3n) is 2.71. The van der Waals surface area contributed by atoms with Crippen molar-refractivity contribution in [2.24, 2.45) is 0 Å². The van der Waals surface area contributed by atoms with Gasteiger partial charge in [0, 0.05) is 16.0 Å². The van der Waals surface area contributed by atoms with Crippen molar-refractivity contribution in [1.82, 2.24) is 0 Å². The van der Waals surface area contributed by atoms with Gasteiger partial charge >= 0.3 is 0 Å². The van der Waals surface area contributed by atoms with Gasteiger partial charge < -0.3 is 4.42 Å². The molecule has 0 saturated heterocycles. The summed E-state index contributed by atoms with van der Waals surface area (Å²) >= 11 is 6.09. The van der Waals surface area contributed by atoms with Crippen LogP contribution in [-0.4, -0.2) is 0 Å². The monoisotopic (exact) mass is 246 g/mol. The molecule has 1 nitrogen and oxygen atoms in total. The van der Waals surface area contributed by atoms with Gasteiger partial charge in [-0.25, -0.2) is 4.39 Å². The lowest BCUT2D eigenvalue weighted by molar-refractivity contribution is 0.602. The van der Waals surface area contributed by atoms with Gasteiger partial charge in [0.15, 0.2) is 0 Å². The summed E-state index contributed by atoms with van der Waals surface area (Å²) < 4.78 is 19.3. The Balaban J connectivity index is 2.40. The normalized spacial score (nSPS) is 10.9. The maximum absolute atomic E-state index is 13.9. The molecule has 0 radical (unpaired) electrons. The van der Waals surface area contributed by atoms with Crippen molar-refractivity contribution >= 4 is 22.6 Å². The Kier molecular flexibility index (Phi) is 2.37. The van der Waals surface area contributed by atoms with E-state index in [4.69, 9.17) is 16.0 Å². The highest BCUT2D eigenvalue weighted by atomic mass is 35.5. The van der Waals surface area contributed by atoms with E-state index >= 15 is 0 Å². The van der Waals surface area contributed by atoms with Crippen LogP contribution in [-0.2, 0) is 0 Å². The molecule has 1 heterocycles.